The van der Waals surface area contributed by atoms with Crippen LogP contribution in [0.4, 0.5) is 0 Å². The Morgan fingerprint density at radius 3 is 2.32 bits per heavy atom. The molecule has 6 nitrogen and oxygen atoms in total. The van der Waals surface area contributed by atoms with Gasteiger partial charge in [0.1, 0.15) is 11.8 Å². The molecule has 2 rings (SSSR count). The third-order valence-corrected chi connectivity index (χ3v) is 4.66. The smallest absolute Gasteiger partial charge is 0.262 e. The van der Waals surface area contributed by atoms with E-state index in [1.54, 1.807) is 37.4 Å². The molecular formula is C20H21Cl2N3O3. The first-order valence-corrected chi connectivity index (χ1v) is 9.30. The van der Waals surface area contributed by atoms with Gasteiger partial charge in [-0.1, -0.05) is 37.0 Å². The molecule has 1 atom stereocenters. The van der Waals surface area contributed by atoms with Crippen molar-refractivity contribution >= 4 is 41.2 Å². The molecule has 0 aliphatic heterocycles. The number of amides is 2. The highest BCUT2D eigenvalue weighted by Gasteiger charge is 2.24. The summed E-state index contributed by atoms with van der Waals surface area (Å²) in [5.41, 5.74) is 3.56. The summed E-state index contributed by atoms with van der Waals surface area (Å²) in [6, 6.07) is 10.9. The summed E-state index contributed by atoms with van der Waals surface area (Å²) < 4.78 is 5.09. The predicted molar refractivity (Wildman–Crippen MR) is 111 cm³/mol. The largest absolute Gasteiger partial charge is 0.497 e. The summed E-state index contributed by atoms with van der Waals surface area (Å²) >= 11 is 11.8. The van der Waals surface area contributed by atoms with E-state index in [2.05, 4.69) is 15.8 Å². The van der Waals surface area contributed by atoms with Gasteiger partial charge in [0, 0.05) is 5.56 Å². The maximum absolute atomic E-state index is 12.5. The standard InChI is InChI=1S/C20H21Cl2N3O3/c1-12(2)18(24-19(26)14-6-9-16(21)17(22)10-14)20(27)25-23-11-13-4-7-15(28-3)8-5-13/h4-12,18H,1-3H3,(H,24,26)(H,25,27)/b23-11+. The summed E-state index contributed by atoms with van der Waals surface area (Å²) in [5, 5.41) is 7.27. The first-order valence-electron chi connectivity index (χ1n) is 8.54. The number of ether oxygens (including phenoxy) is 1. The molecule has 2 aromatic carbocycles. The number of rotatable bonds is 7. The fraction of sp³-hybridized carbons (Fsp3) is 0.250. The average Bonchev–Trinajstić information content (AvgIpc) is 2.68. The molecule has 0 saturated heterocycles. The quantitative estimate of drug-likeness (QED) is 0.525. The van der Waals surface area contributed by atoms with Crippen LogP contribution in [-0.2, 0) is 4.79 Å². The Kier molecular flexibility index (Phi) is 7.84. The van der Waals surface area contributed by atoms with Crippen LogP contribution in [0.2, 0.25) is 10.0 Å². The van der Waals surface area contributed by atoms with E-state index in [0.717, 1.165) is 11.3 Å². The zero-order valence-electron chi connectivity index (χ0n) is 15.7. The van der Waals surface area contributed by atoms with Gasteiger partial charge in [0.05, 0.1) is 23.4 Å². The van der Waals surface area contributed by atoms with E-state index in [1.165, 1.54) is 18.3 Å². The fourth-order valence-corrected chi connectivity index (χ4v) is 2.62. The van der Waals surface area contributed by atoms with E-state index < -0.39 is 17.9 Å². The number of hydrazone groups is 1. The van der Waals surface area contributed by atoms with E-state index in [-0.39, 0.29) is 10.9 Å². The number of nitrogens with one attached hydrogen (secondary N) is 2. The van der Waals surface area contributed by atoms with Crippen molar-refractivity contribution < 1.29 is 14.3 Å². The average molecular weight is 422 g/mol. The predicted octanol–water partition coefficient (Wildman–Crippen LogP) is 3.91. The highest BCUT2D eigenvalue weighted by molar-refractivity contribution is 6.42. The lowest BCUT2D eigenvalue weighted by molar-refractivity contribution is -0.123. The van der Waals surface area contributed by atoms with Crippen molar-refractivity contribution in [2.24, 2.45) is 11.0 Å². The molecule has 0 saturated carbocycles. The van der Waals surface area contributed by atoms with E-state index in [0.29, 0.717) is 10.6 Å². The van der Waals surface area contributed by atoms with Gasteiger partial charge in [-0.15, -0.1) is 0 Å². The molecule has 2 aromatic rings. The third kappa shape index (κ3) is 5.97. The number of methoxy groups -OCH3 is 1. The van der Waals surface area contributed by atoms with Crippen molar-refractivity contribution in [1.29, 1.82) is 0 Å². The first kappa shape index (κ1) is 21.7. The molecule has 8 heteroatoms. The number of hydrogen-bond acceptors (Lipinski definition) is 4. The van der Waals surface area contributed by atoms with Crippen LogP contribution < -0.4 is 15.5 Å². The molecule has 28 heavy (non-hydrogen) atoms. The summed E-state index contributed by atoms with van der Waals surface area (Å²) in [7, 11) is 1.58. The van der Waals surface area contributed by atoms with Gasteiger partial charge in [0.2, 0.25) is 0 Å². The minimum atomic E-state index is -0.769. The number of nitrogens with zero attached hydrogens (tertiary/aromatic N) is 1. The normalized spacial score (nSPS) is 12.1. The van der Waals surface area contributed by atoms with Crippen LogP contribution in [0.5, 0.6) is 5.75 Å². The summed E-state index contributed by atoms with van der Waals surface area (Å²) in [6.45, 7) is 3.65. The number of hydrogen-bond donors (Lipinski definition) is 2. The molecule has 0 aromatic heterocycles. The zero-order chi connectivity index (χ0) is 20.7. The lowest BCUT2D eigenvalue weighted by Crippen LogP contribution is -2.48. The van der Waals surface area contributed by atoms with Crippen molar-refractivity contribution in [1.82, 2.24) is 10.7 Å². The van der Waals surface area contributed by atoms with Crippen molar-refractivity contribution in [2.45, 2.75) is 19.9 Å². The molecule has 2 N–H and O–H groups in total. The molecule has 0 spiro atoms. The second kappa shape index (κ2) is 10.1. The minimum Gasteiger partial charge on any atom is -0.497 e. The number of carbonyl (C=O) groups excluding carboxylic acids is 2. The molecule has 148 valence electrons. The highest BCUT2D eigenvalue weighted by atomic mass is 35.5. The Balaban J connectivity index is 2.01. The van der Waals surface area contributed by atoms with Gasteiger partial charge >= 0.3 is 0 Å². The Labute approximate surface area is 173 Å². The van der Waals surface area contributed by atoms with Crippen LogP contribution in [0, 0.1) is 5.92 Å². The molecule has 0 aliphatic carbocycles. The second-order valence-electron chi connectivity index (χ2n) is 6.33. The topological polar surface area (TPSA) is 79.8 Å². The Morgan fingerprint density at radius 2 is 1.75 bits per heavy atom. The van der Waals surface area contributed by atoms with Crippen molar-refractivity contribution in [3.63, 3.8) is 0 Å². The number of halogens is 2. The minimum absolute atomic E-state index is 0.150. The SMILES string of the molecule is COc1ccc(/C=N/NC(=O)C(NC(=O)c2ccc(Cl)c(Cl)c2)C(C)C)cc1. The van der Waals surface area contributed by atoms with Gasteiger partial charge in [-0.2, -0.15) is 5.10 Å². The molecule has 0 radical (unpaired) electrons. The molecule has 0 bridgehead atoms. The molecule has 0 fully saturated rings. The van der Waals surface area contributed by atoms with Crippen molar-refractivity contribution in [3.8, 4) is 5.75 Å². The van der Waals surface area contributed by atoms with E-state index in [9.17, 15) is 9.59 Å². The Morgan fingerprint density at radius 1 is 1.07 bits per heavy atom. The van der Waals surface area contributed by atoms with E-state index >= 15 is 0 Å². The van der Waals surface area contributed by atoms with Crippen molar-refractivity contribution in [3.05, 3.63) is 63.6 Å². The monoisotopic (exact) mass is 421 g/mol. The van der Waals surface area contributed by atoms with Crippen molar-refractivity contribution in [2.75, 3.05) is 7.11 Å². The van der Waals surface area contributed by atoms with E-state index in [4.69, 9.17) is 27.9 Å². The van der Waals surface area contributed by atoms with Gasteiger partial charge in [0.15, 0.2) is 0 Å². The number of benzene rings is 2. The van der Waals surface area contributed by atoms with Crippen LogP contribution in [0.25, 0.3) is 0 Å². The molecule has 0 aliphatic rings. The first-order chi connectivity index (χ1) is 13.3. The lowest BCUT2D eigenvalue weighted by atomic mass is 10.0. The van der Waals surface area contributed by atoms with Gasteiger partial charge < -0.3 is 10.1 Å². The number of carbonyl (C=O) groups is 2. The lowest BCUT2D eigenvalue weighted by Gasteiger charge is -2.20. The highest BCUT2D eigenvalue weighted by Crippen LogP contribution is 2.22. The zero-order valence-corrected chi connectivity index (χ0v) is 17.2. The van der Waals surface area contributed by atoms with Gasteiger partial charge in [-0.05, 0) is 53.9 Å². The van der Waals surface area contributed by atoms with Crippen LogP contribution in [0.15, 0.2) is 47.6 Å². The summed E-state index contributed by atoms with van der Waals surface area (Å²) in [4.78, 5) is 24.9. The van der Waals surface area contributed by atoms with Gasteiger partial charge in [-0.3, -0.25) is 9.59 Å². The van der Waals surface area contributed by atoms with E-state index in [1.807, 2.05) is 13.8 Å². The summed E-state index contributed by atoms with van der Waals surface area (Å²) in [6.07, 6.45) is 1.51. The maximum atomic E-state index is 12.5. The molecule has 2 amide bonds. The third-order valence-electron chi connectivity index (χ3n) is 3.92. The van der Waals surface area contributed by atoms with Crippen LogP contribution >= 0.6 is 23.2 Å². The molecule has 1 unspecified atom stereocenters. The Hall–Kier alpha value is -2.57. The fourth-order valence-electron chi connectivity index (χ4n) is 2.33. The Bertz CT molecular complexity index is 867. The second-order valence-corrected chi connectivity index (χ2v) is 7.15. The van der Waals surface area contributed by atoms with Gasteiger partial charge in [-0.25, -0.2) is 5.43 Å². The van der Waals surface area contributed by atoms with Crippen LogP contribution in [-0.4, -0.2) is 31.2 Å². The maximum Gasteiger partial charge on any atom is 0.262 e. The van der Waals surface area contributed by atoms with Crippen LogP contribution in [0.1, 0.15) is 29.8 Å². The van der Waals surface area contributed by atoms with Crippen LogP contribution in [0.3, 0.4) is 0 Å². The molecular weight excluding hydrogens is 401 g/mol. The summed E-state index contributed by atoms with van der Waals surface area (Å²) in [5.74, 6) is -0.270. The molecule has 0 heterocycles. The van der Waals surface area contributed by atoms with Gasteiger partial charge in [0.25, 0.3) is 11.8 Å².